The van der Waals surface area contributed by atoms with Gasteiger partial charge in [0.2, 0.25) is 0 Å². The van der Waals surface area contributed by atoms with Crippen LogP contribution in [0.5, 0.6) is 0 Å². The fraction of sp³-hybridized carbons (Fsp3) is 0.500. The Morgan fingerprint density at radius 3 is 2.31 bits per heavy atom. The first-order valence-corrected chi connectivity index (χ1v) is 5.77. The quantitative estimate of drug-likeness (QED) is 0.553. The minimum Gasteiger partial charge on any atom is -0.391 e. The van der Waals surface area contributed by atoms with E-state index in [4.69, 9.17) is 4.84 Å². The number of hydrogen-bond donors (Lipinski definition) is 0. The third kappa shape index (κ3) is 4.05. The summed E-state index contributed by atoms with van der Waals surface area (Å²) in [6.07, 6.45) is 0.929. The number of benzene rings is 1. The zero-order valence-corrected chi connectivity index (χ0v) is 10.7. The van der Waals surface area contributed by atoms with Crippen LogP contribution in [0, 0.1) is 5.41 Å². The summed E-state index contributed by atoms with van der Waals surface area (Å²) < 4.78 is 0. The lowest BCUT2D eigenvalue weighted by atomic mass is 9.89. The third-order valence-electron chi connectivity index (χ3n) is 2.45. The van der Waals surface area contributed by atoms with Crippen molar-refractivity contribution in [2.45, 2.75) is 40.7 Å². The first kappa shape index (κ1) is 12.8. The van der Waals surface area contributed by atoms with E-state index in [1.807, 2.05) is 30.3 Å². The molecule has 2 nitrogen and oxygen atoms in total. The molecule has 16 heavy (non-hydrogen) atoms. The Hall–Kier alpha value is -1.31. The van der Waals surface area contributed by atoms with Gasteiger partial charge in [-0.15, -0.1) is 0 Å². The SMILES string of the molecule is CCC(=NOCc1ccccc1)C(C)(C)C. The van der Waals surface area contributed by atoms with Gasteiger partial charge < -0.3 is 4.84 Å². The lowest BCUT2D eigenvalue weighted by Gasteiger charge is -2.19. The maximum absolute atomic E-state index is 5.39. The van der Waals surface area contributed by atoms with Crippen molar-refractivity contribution < 1.29 is 4.84 Å². The molecule has 1 rings (SSSR count). The molecule has 0 aliphatic heterocycles. The molecule has 0 spiro atoms. The van der Waals surface area contributed by atoms with E-state index in [9.17, 15) is 0 Å². The maximum Gasteiger partial charge on any atom is 0.142 e. The van der Waals surface area contributed by atoms with Gasteiger partial charge in [-0.2, -0.15) is 0 Å². The molecule has 0 unspecified atom stereocenters. The highest BCUT2D eigenvalue weighted by molar-refractivity contribution is 5.88. The highest BCUT2D eigenvalue weighted by atomic mass is 16.6. The van der Waals surface area contributed by atoms with Crippen LogP contribution in [0.25, 0.3) is 0 Å². The van der Waals surface area contributed by atoms with Crippen molar-refractivity contribution in [3.05, 3.63) is 35.9 Å². The molecule has 0 saturated heterocycles. The van der Waals surface area contributed by atoms with Crippen molar-refractivity contribution >= 4 is 5.71 Å². The Kier molecular flexibility index (Phi) is 4.53. The van der Waals surface area contributed by atoms with Crippen LogP contribution in [0.4, 0.5) is 0 Å². The second-order valence-electron chi connectivity index (χ2n) is 4.90. The summed E-state index contributed by atoms with van der Waals surface area (Å²) >= 11 is 0. The molecule has 0 N–H and O–H groups in total. The first-order chi connectivity index (χ1) is 7.54. The molecule has 0 amide bonds. The van der Waals surface area contributed by atoms with Crippen molar-refractivity contribution in [3.63, 3.8) is 0 Å². The van der Waals surface area contributed by atoms with E-state index in [-0.39, 0.29) is 5.41 Å². The largest absolute Gasteiger partial charge is 0.391 e. The minimum absolute atomic E-state index is 0.0887. The molecule has 0 aliphatic carbocycles. The molecular weight excluding hydrogens is 198 g/mol. The van der Waals surface area contributed by atoms with E-state index in [0.717, 1.165) is 17.7 Å². The number of nitrogens with zero attached hydrogens (tertiary/aromatic N) is 1. The lowest BCUT2D eigenvalue weighted by Crippen LogP contribution is -2.19. The third-order valence-corrected chi connectivity index (χ3v) is 2.45. The smallest absolute Gasteiger partial charge is 0.142 e. The van der Waals surface area contributed by atoms with Crippen LogP contribution in [0.1, 0.15) is 39.7 Å². The summed E-state index contributed by atoms with van der Waals surface area (Å²) in [7, 11) is 0. The highest BCUT2D eigenvalue weighted by Crippen LogP contribution is 2.18. The van der Waals surface area contributed by atoms with E-state index in [1.165, 1.54) is 0 Å². The predicted molar refractivity (Wildman–Crippen MR) is 68.4 cm³/mol. The van der Waals surface area contributed by atoms with Crippen molar-refractivity contribution in [2.75, 3.05) is 0 Å². The van der Waals surface area contributed by atoms with Crippen LogP contribution in [-0.2, 0) is 11.4 Å². The van der Waals surface area contributed by atoms with E-state index in [1.54, 1.807) is 0 Å². The number of hydrogen-bond acceptors (Lipinski definition) is 2. The molecule has 0 heterocycles. The fourth-order valence-corrected chi connectivity index (χ4v) is 1.49. The Balaban J connectivity index is 2.53. The second-order valence-corrected chi connectivity index (χ2v) is 4.90. The normalized spacial score (nSPS) is 12.6. The predicted octanol–water partition coefficient (Wildman–Crippen LogP) is 4.02. The lowest BCUT2D eigenvalue weighted by molar-refractivity contribution is 0.127. The Bertz CT molecular complexity index is 336. The van der Waals surface area contributed by atoms with Crippen LogP contribution in [0.3, 0.4) is 0 Å². The monoisotopic (exact) mass is 219 g/mol. The molecule has 2 heteroatoms. The van der Waals surface area contributed by atoms with Gasteiger partial charge in [-0.25, -0.2) is 0 Å². The molecule has 0 aromatic heterocycles. The van der Waals surface area contributed by atoms with Crippen molar-refractivity contribution in [1.82, 2.24) is 0 Å². The Labute approximate surface area is 98.3 Å². The minimum atomic E-state index is 0.0887. The van der Waals surface area contributed by atoms with Gasteiger partial charge in [-0.1, -0.05) is 63.2 Å². The standard InChI is InChI=1S/C14H21NO/c1-5-13(14(2,3)4)15-16-11-12-9-7-6-8-10-12/h6-10H,5,11H2,1-4H3. The molecule has 0 aliphatic rings. The van der Waals surface area contributed by atoms with Crippen LogP contribution < -0.4 is 0 Å². The number of oxime groups is 1. The van der Waals surface area contributed by atoms with Gasteiger partial charge >= 0.3 is 0 Å². The van der Waals surface area contributed by atoms with E-state index < -0.39 is 0 Å². The molecule has 0 bridgehead atoms. The Morgan fingerprint density at radius 2 is 1.81 bits per heavy atom. The molecule has 88 valence electrons. The zero-order chi connectivity index (χ0) is 12.0. The summed E-state index contributed by atoms with van der Waals surface area (Å²) in [6, 6.07) is 10.1. The molecule has 0 saturated carbocycles. The highest BCUT2D eigenvalue weighted by Gasteiger charge is 2.17. The maximum atomic E-state index is 5.39. The molecule has 1 aromatic carbocycles. The van der Waals surface area contributed by atoms with Gasteiger partial charge in [-0.05, 0) is 12.0 Å². The van der Waals surface area contributed by atoms with Gasteiger partial charge in [0, 0.05) is 5.41 Å². The first-order valence-electron chi connectivity index (χ1n) is 5.77. The summed E-state index contributed by atoms with van der Waals surface area (Å²) in [5.74, 6) is 0. The van der Waals surface area contributed by atoms with Gasteiger partial charge in [0.1, 0.15) is 6.61 Å². The topological polar surface area (TPSA) is 21.6 Å². The van der Waals surface area contributed by atoms with E-state index >= 15 is 0 Å². The van der Waals surface area contributed by atoms with Crippen molar-refractivity contribution in [2.24, 2.45) is 10.6 Å². The van der Waals surface area contributed by atoms with Crippen LogP contribution in [0.15, 0.2) is 35.5 Å². The van der Waals surface area contributed by atoms with Gasteiger partial charge in [0.15, 0.2) is 0 Å². The van der Waals surface area contributed by atoms with Crippen LogP contribution in [0.2, 0.25) is 0 Å². The van der Waals surface area contributed by atoms with Crippen molar-refractivity contribution in [3.8, 4) is 0 Å². The van der Waals surface area contributed by atoms with Gasteiger partial charge in [0.05, 0.1) is 5.71 Å². The van der Waals surface area contributed by atoms with E-state index in [0.29, 0.717) is 6.61 Å². The van der Waals surface area contributed by atoms with E-state index in [2.05, 4.69) is 32.9 Å². The van der Waals surface area contributed by atoms with Crippen LogP contribution in [-0.4, -0.2) is 5.71 Å². The van der Waals surface area contributed by atoms with Crippen molar-refractivity contribution in [1.29, 1.82) is 0 Å². The van der Waals surface area contributed by atoms with Gasteiger partial charge in [0.25, 0.3) is 0 Å². The average molecular weight is 219 g/mol. The number of rotatable bonds is 4. The zero-order valence-electron chi connectivity index (χ0n) is 10.7. The van der Waals surface area contributed by atoms with Gasteiger partial charge in [-0.3, -0.25) is 0 Å². The summed E-state index contributed by atoms with van der Waals surface area (Å²) in [6.45, 7) is 9.11. The average Bonchev–Trinajstić information content (AvgIpc) is 2.24. The summed E-state index contributed by atoms with van der Waals surface area (Å²) in [5.41, 5.74) is 2.34. The Morgan fingerprint density at radius 1 is 1.19 bits per heavy atom. The fourth-order valence-electron chi connectivity index (χ4n) is 1.49. The summed E-state index contributed by atoms with van der Waals surface area (Å²) in [4.78, 5) is 5.39. The molecule has 0 atom stereocenters. The molecular formula is C14H21NO. The van der Waals surface area contributed by atoms with Crippen LogP contribution >= 0.6 is 0 Å². The summed E-state index contributed by atoms with van der Waals surface area (Å²) in [5, 5.41) is 4.23. The molecule has 0 fully saturated rings. The second kappa shape index (κ2) is 5.69. The molecule has 1 aromatic rings. The molecule has 0 radical (unpaired) electrons.